The van der Waals surface area contributed by atoms with Crippen molar-refractivity contribution in [3.8, 4) is 0 Å². The summed E-state index contributed by atoms with van der Waals surface area (Å²) in [5.74, 6) is -0.0992. The van der Waals surface area contributed by atoms with Gasteiger partial charge >= 0.3 is 0 Å². The summed E-state index contributed by atoms with van der Waals surface area (Å²) in [5, 5.41) is 11.6. The Hall–Kier alpha value is -0.680. The van der Waals surface area contributed by atoms with E-state index in [9.17, 15) is 4.39 Å². The summed E-state index contributed by atoms with van der Waals surface area (Å²) in [6, 6.07) is 1.35. The highest BCUT2D eigenvalue weighted by Gasteiger charge is 2.05. The van der Waals surface area contributed by atoms with Gasteiger partial charge in [-0.05, 0) is 27.9 Å². The molecule has 0 fully saturated rings. The highest BCUT2D eigenvalue weighted by Crippen LogP contribution is 2.16. The second kappa shape index (κ2) is 5.26. The van der Waals surface area contributed by atoms with Crippen molar-refractivity contribution in [2.24, 2.45) is 5.92 Å². The first-order chi connectivity index (χ1) is 6.63. The molecule has 0 radical (unpaired) electrons. The zero-order valence-electron chi connectivity index (χ0n) is 7.80. The normalized spacial score (nSPS) is 12.6. The molecule has 1 aromatic heterocycles. The van der Waals surface area contributed by atoms with Crippen LogP contribution < -0.4 is 5.32 Å². The molecule has 5 heteroatoms. The predicted molar refractivity (Wildman–Crippen MR) is 56.6 cm³/mol. The number of rotatable bonds is 4. The van der Waals surface area contributed by atoms with Crippen molar-refractivity contribution in [3.63, 3.8) is 0 Å². The number of nitrogens with zero attached hydrogens (tertiary/aromatic N) is 1. The van der Waals surface area contributed by atoms with Crippen molar-refractivity contribution in [1.29, 1.82) is 0 Å². The number of hydrogen-bond acceptors (Lipinski definition) is 3. The third-order valence-electron chi connectivity index (χ3n) is 1.74. The molecule has 0 bridgehead atoms. The van der Waals surface area contributed by atoms with E-state index >= 15 is 0 Å². The third kappa shape index (κ3) is 3.23. The lowest BCUT2D eigenvalue weighted by Gasteiger charge is -2.10. The van der Waals surface area contributed by atoms with Crippen molar-refractivity contribution in [1.82, 2.24) is 4.98 Å². The molecule has 0 amide bonds. The van der Waals surface area contributed by atoms with Crippen LogP contribution in [-0.2, 0) is 0 Å². The van der Waals surface area contributed by atoms with Crippen molar-refractivity contribution in [2.75, 3.05) is 18.5 Å². The van der Waals surface area contributed by atoms with Crippen LogP contribution in [-0.4, -0.2) is 23.2 Å². The largest absolute Gasteiger partial charge is 0.396 e. The van der Waals surface area contributed by atoms with Crippen LogP contribution >= 0.6 is 15.9 Å². The first-order valence-corrected chi connectivity index (χ1v) is 5.08. The Morgan fingerprint density at radius 2 is 2.43 bits per heavy atom. The van der Waals surface area contributed by atoms with E-state index in [2.05, 4.69) is 26.2 Å². The van der Waals surface area contributed by atoms with Crippen LogP contribution in [0.5, 0.6) is 0 Å². The van der Waals surface area contributed by atoms with E-state index in [-0.39, 0.29) is 18.3 Å². The van der Waals surface area contributed by atoms with Crippen LogP contribution in [0.25, 0.3) is 0 Å². The monoisotopic (exact) mass is 262 g/mol. The SMILES string of the molecule is CC(CO)CNc1ncc(Br)cc1F. The van der Waals surface area contributed by atoms with Gasteiger partial charge in [-0.1, -0.05) is 6.92 Å². The molecule has 1 heterocycles. The highest BCUT2D eigenvalue weighted by atomic mass is 79.9. The molecule has 1 atom stereocenters. The smallest absolute Gasteiger partial charge is 0.166 e. The van der Waals surface area contributed by atoms with Gasteiger partial charge in [0.15, 0.2) is 11.6 Å². The summed E-state index contributed by atoms with van der Waals surface area (Å²) in [4.78, 5) is 3.87. The maximum Gasteiger partial charge on any atom is 0.166 e. The molecule has 0 aliphatic rings. The van der Waals surface area contributed by atoms with E-state index in [0.29, 0.717) is 11.0 Å². The minimum absolute atomic E-state index is 0.0746. The van der Waals surface area contributed by atoms with Crippen LogP contribution in [0.15, 0.2) is 16.7 Å². The van der Waals surface area contributed by atoms with Crippen LogP contribution in [0.4, 0.5) is 10.2 Å². The first kappa shape index (κ1) is 11.4. The van der Waals surface area contributed by atoms with Crippen LogP contribution in [0, 0.1) is 11.7 Å². The van der Waals surface area contributed by atoms with Crippen LogP contribution in [0.1, 0.15) is 6.92 Å². The molecular formula is C9H12BrFN2O. The van der Waals surface area contributed by atoms with E-state index in [4.69, 9.17) is 5.11 Å². The zero-order valence-corrected chi connectivity index (χ0v) is 9.38. The molecule has 1 unspecified atom stereocenters. The van der Waals surface area contributed by atoms with E-state index < -0.39 is 5.82 Å². The Bertz CT molecular complexity index is 309. The van der Waals surface area contributed by atoms with Crippen LogP contribution in [0.2, 0.25) is 0 Å². The maximum absolute atomic E-state index is 13.2. The number of hydrogen-bond donors (Lipinski definition) is 2. The molecule has 78 valence electrons. The quantitative estimate of drug-likeness (QED) is 0.873. The Labute approximate surface area is 90.5 Å². The van der Waals surface area contributed by atoms with Crippen molar-refractivity contribution >= 4 is 21.7 Å². The molecule has 1 rings (SSSR count). The molecule has 3 nitrogen and oxygen atoms in total. The molecular weight excluding hydrogens is 251 g/mol. The van der Waals surface area contributed by atoms with Gasteiger partial charge in [-0.15, -0.1) is 0 Å². The second-order valence-electron chi connectivity index (χ2n) is 3.15. The van der Waals surface area contributed by atoms with E-state index in [1.807, 2.05) is 6.92 Å². The second-order valence-corrected chi connectivity index (χ2v) is 4.07. The maximum atomic E-state index is 13.2. The molecule has 0 saturated carbocycles. The number of anilines is 1. The number of aliphatic hydroxyl groups excluding tert-OH is 1. The fourth-order valence-electron chi connectivity index (χ4n) is 0.880. The van der Waals surface area contributed by atoms with Gasteiger partial charge in [-0.25, -0.2) is 9.37 Å². The Morgan fingerprint density at radius 3 is 3.00 bits per heavy atom. The van der Waals surface area contributed by atoms with Gasteiger partial charge < -0.3 is 10.4 Å². The highest BCUT2D eigenvalue weighted by molar-refractivity contribution is 9.10. The van der Waals surface area contributed by atoms with Crippen molar-refractivity contribution < 1.29 is 9.50 Å². The van der Waals surface area contributed by atoms with E-state index in [0.717, 1.165) is 0 Å². The van der Waals surface area contributed by atoms with E-state index in [1.165, 1.54) is 12.3 Å². The van der Waals surface area contributed by atoms with Gasteiger partial charge in [-0.2, -0.15) is 0 Å². The predicted octanol–water partition coefficient (Wildman–Crippen LogP) is 2.02. The van der Waals surface area contributed by atoms with Gasteiger partial charge in [0.25, 0.3) is 0 Å². The lowest BCUT2D eigenvalue weighted by molar-refractivity contribution is 0.244. The molecule has 2 N–H and O–H groups in total. The van der Waals surface area contributed by atoms with Crippen LogP contribution in [0.3, 0.4) is 0 Å². The lowest BCUT2D eigenvalue weighted by Crippen LogP contribution is -2.15. The number of pyridine rings is 1. The Morgan fingerprint density at radius 1 is 1.71 bits per heavy atom. The van der Waals surface area contributed by atoms with Gasteiger partial charge in [0.2, 0.25) is 0 Å². The standard InChI is InChI=1S/C9H12BrFN2O/c1-6(5-14)3-12-9-8(11)2-7(10)4-13-9/h2,4,6,14H,3,5H2,1H3,(H,12,13). The first-order valence-electron chi connectivity index (χ1n) is 4.29. The summed E-state index contributed by atoms with van der Waals surface area (Å²) in [6.45, 7) is 2.44. The number of halogens is 2. The van der Waals surface area contributed by atoms with Gasteiger partial charge in [0.05, 0.1) is 0 Å². The number of aliphatic hydroxyl groups is 1. The summed E-state index contributed by atoms with van der Waals surface area (Å²) in [6.07, 6.45) is 1.52. The molecule has 0 spiro atoms. The molecule has 0 saturated heterocycles. The van der Waals surface area contributed by atoms with Gasteiger partial charge in [0, 0.05) is 23.8 Å². The summed E-state index contributed by atoms with van der Waals surface area (Å²) < 4.78 is 13.8. The molecule has 0 aliphatic carbocycles. The van der Waals surface area contributed by atoms with Crippen molar-refractivity contribution in [2.45, 2.75) is 6.92 Å². The number of aromatic nitrogens is 1. The lowest BCUT2D eigenvalue weighted by atomic mass is 10.2. The van der Waals surface area contributed by atoms with E-state index in [1.54, 1.807) is 0 Å². The fourth-order valence-corrected chi connectivity index (χ4v) is 1.18. The molecule has 1 aromatic rings. The molecule has 0 aliphatic heterocycles. The third-order valence-corrected chi connectivity index (χ3v) is 2.17. The summed E-state index contributed by atoms with van der Waals surface area (Å²) in [5.41, 5.74) is 0. The number of nitrogens with one attached hydrogen (secondary N) is 1. The topological polar surface area (TPSA) is 45.1 Å². The average molecular weight is 263 g/mol. The van der Waals surface area contributed by atoms with Gasteiger partial charge in [0.1, 0.15) is 0 Å². The van der Waals surface area contributed by atoms with Gasteiger partial charge in [-0.3, -0.25) is 0 Å². The zero-order chi connectivity index (χ0) is 10.6. The fraction of sp³-hybridized carbons (Fsp3) is 0.444. The average Bonchev–Trinajstić information content (AvgIpc) is 2.16. The molecule has 0 aromatic carbocycles. The Balaban J connectivity index is 2.59. The summed E-state index contributed by atoms with van der Waals surface area (Å²) >= 11 is 3.12. The minimum Gasteiger partial charge on any atom is -0.396 e. The Kier molecular flexibility index (Phi) is 4.28. The van der Waals surface area contributed by atoms with Crippen molar-refractivity contribution in [3.05, 3.63) is 22.6 Å². The molecule has 14 heavy (non-hydrogen) atoms. The minimum atomic E-state index is -0.399. The summed E-state index contributed by atoms with van der Waals surface area (Å²) in [7, 11) is 0.